The van der Waals surface area contributed by atoms with Crippen molar-refractivity contribution < 1.29 is 13.6 Å². The SMILES string of the molecule is CSc1cccc(C(=O)c2cc(F)cc(F)c2)c1. The maximum Gasteiger partial charge on any atom is 0.193 e. The molecule has 0 unspecified atom stereocenters. The number of ketones is 1. The van der Waals surface area contributed by atoms with Gasteiger partial charge in [-0.1, -0.05) is 12.1 Å². The van der Waals surface area contributed by atoms with E-state index in [1.165, 1.54) is 11.8 Å². The highest BCUT2D eigenvalue weighted by molar-refractivity contribution is 7.98. The Hall–Kier alpha value is -1.68. The fraction of sp³-hybridized carbons (Fsp3) is 0.0714. The van der Waals surface area contributed by atoms with E-state index in [9.17, 15) is 13.6 Å². The standard InChI is InChI=1S/C14H10F2OS/c1-18-13-4-2-3-9(7-13)14(17)10-5-11(15)8-12(16)6-10/h2-8H,1H3. The monoisotopic (exact) mass is 264 g/mol. The number of benzene rings is 2. The number of hydrogen-bond acceptors (Lipinski definition) is 2. The van der Waals surface area contributed by atoms with E-state index in [1.54, 1.807) is 18.2 Å². The lowest BCUT2D eigenvalue weighted by molar-refractivity contribution is 0.103. The van der Waals surface area contributed by atoms with Gasteiger partial charge in [0.25, 0.3) is 0 Å². The summed E-state index contributed by atoms with van der Waals surface area (Å²) >= 11 is 1.50. The fourth-order valence-electron chi connectivity index (χ4n) is 1.62. The van der Waals surface area contributed by atoms with Crippen LogP contribution in [-0.2, 0) is 0 Å². The summed E-state index contributed by atoms with van der Waals surface area (Å²) in [6.07, 6.45) is 1.89. The summed E-state index contributed by atoms with van der Waals surface area (Å²) in [4.78, 5) is 13.0. The van der Waals surface area contributed by atoms with E-state index in [0.717, 1.165) is 23.1 Å². The van der Waals surface area contributed by atoms with Gasteiger partial charge in [-0.15, -0.1) is 11.8 Å². The van der Waals surface area contributed by atoms with Crippen LogP contribution in [-0.4, -0.2) is 12.0 Å². The van der Waals surface area contributed by atoms with Gasteiger partial charge in [0.15, 0.2) is 5.78 Å². The van der Waals surface area contributed by atoms with Gasteiger partial charge in [-0.2, -0.15) is 0 Å². The first-order valence-corrected chi connectivity index (χ1v) is 6.47. The Kier molecular flexibility index (Phi) is 3.77. The molecule has 0 aliphatic heterocycles. The first-order chi connectivity index (χ1) is 8.60. The van der Waals surface area contributed by atoms with E-state index in [0.29, 0.717) is 5.56 Å². The maximum absolute atomic E-state index is 13.1. The molecule has 0 aromatic heterocycles. The molecule has 0 spiro atoms. The average molecular weight is 264 g/mol. The third-order valence-electron chi connectivity index (χ3n) is 2.46. The largest absolute Gasteiger partial charge is 0.289 e. The van der Waals surface area contributed by atoms with Gasteiger partial charge in [-0.05, 0) is 30.5 Å². The van der Waals surface area contributed by atoms with E-state index >= 15 is 0 Å². The van der Waals surface area contributed by atoms with Crippen LogP contribution in [0.3, 0.4) is 0 Å². The molecule has 18 heavy (non-hydrogen) atoms. The van der Waals surface area contributed by atoms with Gasteiger partial charge in [-0.25, -0.2) is 8.78 Å². The van der Waals surface area contributed by atoms with E-state index < -0.39 is 11.6 Å². The van der Waals surface area contributed by atoms with Crippen molar-refractivity contribution in [1.29, 1.82) is 0 Å². The Morgan fingerprint density at radius 1 is 1.00 bits per heavy atom. The molecule has 0 saturated carbocycles. The Bertz CT molecular complexity index is 576. The highest BCUT2D eigenvalue weighted by Gasteiger charge is 2.12. The molecule has 0 heterocycles. The van der Waals surface area contributed by atoms with Gasteiger partial charge in [-0.3, -0.25) is 4.79 Å². The molecule has 0 N–H and O–H groups in total. The normalized spacial score (nSPS) is 10.4. The minimum absolute atomic E-state index is 0.0192. The van der Waals surface area contributed by atoms with Gasteiger partial charge in [0, 0.05) is 22.1 Å². The van der Waals surface area contributed by atoms with Gasteiger partial charge in [0.2, 0.25) is 0 Å². The summed E-state index contributed by atoms with van der Waals surface area (Å²) in [6, 6.07) is 9.77. The van der Waals surface area contributed by atoms with E-state index in [2.05, 4.69) is 0 Å². The van der Waals surface area contributed by atoms with Crippen molar-refractivity contribution in [3.63, 3.8) is 0 Å². The van der Waals surface area contributed by atoms with E-state index in [1.807, 2.05) is 12.3 Å². The number of carbonyl (C=O) groups excluding carboxylic acids is 1. The van der Waals surface area contributed by atoms with Crippen LogP contribution in [0.4, 0.5) is 8.78 Å². The van der Waals surface area contributed by atoms with Crippen LogP contribution in [0.25, 0.3) is 0 Å². The van der Waals surface area contributed by atoms with Crippen molar-refractivity contribution in [3.8, 4) is 0 Å². The minimum atomic E-state index is -0.751. The van der Waals surface area contributed by atoms with Crippen molar-refractivity contribution in [3.05, 3.63) is 65.2 Å². The smallest absolute Gasteiger partial charge is 0.193 e. The lowest BCUT2D eigenvalue weighted by Gasteiger charge is -2.03. The van der Waals surface area contributed by atoms with E-state index in [-0.39, 0.29) is 11.3 Å². The van der Waals surface area contributed by atoms with Crippen molar-refractivity contribution in [1.82, 2.24) is 0 Å². The van der Waals surface area contributed by atoms with Crippen molar-refractivity contribution in [2.75, 3.05) is 6.26 Å². The molecule has 0 atom stereocenters. The van der Waals surface area contributed by atoms with Crippen molar-refractivity contribution >= 4 is 17.5 Å². The molecule has 2 aromatic rings. The molecular formula is C14H10F2OS. The van der Waals surface area contributed by atoms with Gasteiger partial charge < -0.3 is 0 Å². The lowest BCUT2D eigenvalue weighted by atomic mass is 10.0. The highest BCUT2D eigenvalue weighted by atomic mass is 32.2. The Morgan fingerprint density at radius 2 is 1.67 bits per heavy atom. The van der Waals surface area contributed by atoms with Crippen LogP contribution < -0.4 is 0 Å². The summed E-state index contributed by atoms with van der Waals surface area (Å²) in [6.45, 7) is 0. The number of halogens is 2. The second kappa shape index (κ2) is 5.31. The fourth-order valence-corrected chi connectivity index (χ4v) is 2.08. The Labute approximate surface area is 108 Å². The molecule has 0 fully saturated rings. The molecule has 0 radical (unpaired) electrons. The molecule has 0 bridgehead atoms. The average Bonchev–Trinajstić information content (AvgIpc) is 2.37. The summed E-state index contributed by atoms with van der Waals surface area (Å²) in [5.41, 5.74) is 0.442. The Balaban J connectivity index is 2.41. The number of thioether (sulfide) groups is 1. The first kappa shape index (κ1) is 12.8. The van der Waals surface area contributed by atoms with Crippen molar-refractivity contribution in [2.45, 2.75) is 4.90 Å². The van der Waals surface area contributed by atoms with Gasteiger partial charge in [0.1, 0.15) is 11.6 Å². The number of carbonyl (C=O) groups is 1. The van der Waals surface area contributed by atoms with Crippen LogP contribution >= 0.6 is 11.8 Å². The second-order valence-corrected chi connectivity index (χ2v) is 4.60. The zero-order valence-corrected chi connectivity index (χ0v) is 10.4. The molecule has 0 saturated heterocycles. The second-order valence-electron chi connectivity index (χ2n) is 3.72. The summed E-state index contributed by atoms with van der Waals surface area (Å²) in [7, 11) is 0. The molecule has 0 aliphatic rings. The van der Waals surface area contributed by atoms with Crippen LogP contribution in [0.1, 0.15) is 15.9 Å². The quantitative estimate of drug-likeness (QED) is 0.617. The molecule has 0 aliphatic carbocycles. The predicted molar refractivity (Wildman–Crippen MR) is 68.0 cm³/mol. The number of rotatable bonds is 3. The summed E-state index contributed by atoms with van der Waals surface area (Å²) < 4.78 is 26.1. The molecule has 2 aromatic carbocycles. The predicted octanol–water partition coefficient (Wildman–Crippen LogP) is 3.92. The van der Waals surface area contributed by atoms with Gasteiger partial charge in [0.05, 0.1) is 0 Å². The topological polar surface area (TPSA) is 17.1 Å². The highest BCUT2D eigenvalue weighted by Crippen LogP contribution is 2.19. The maximum atomic E-state index is 13.1. The lowest BCUT2D eigenvalue weighted by Crippen LogP contribution is -2.02. The first-order valence-electron chi connectivity index (χ1n) is 5.25. The van der Waals surface area contributed by atoms with E-state index in [4.69, 9.17) is 0 Å². The van der Waals surface area contributed by atoms with Crippen LogP contribution in [0.5, 0.6) is 0 Å². The van der Waals surface area contributed by atoms with Gasteiger partial charge >= 0.3 is 0 Å². The van der Waals surface area contributed by atoms with Crippen molar-refractivity contribution in [2.24, 2.45) is 0 Å². The third-order valence-corrected chi connectivity index (χ3v) is 3.18. The molecule has 4 heteroatoms. The molecule has 0 amide bonds. The minimum Gasteiger partial charge on any atom is -0.289 e. The molecular weight excluding hydrogens is 254 g/mol. The molecule has 2 rings (SSSR count). The zero-order chi connectivity index (χ0) is 13.1. The third kappa shape index (κ3) is 2.76. The number of hydrogen-bond donors (Lipinski definition) is 0. The zero-order valence-electron chi connectivity index (χ0n) is 9.61. The summed E-state index contributed by atoms with van der Waals surface area (Å²) in [5, 5.41) is 0. The van der Waals surface area contributed by atoms with Crippen LogP contribution in [0.15, 0.2) is 47.4 Å². The molecule has 1 nitrogen and oxygen atoms in total. The summed E-state index contributed by atoms with van der Waals surface area (Å²) in [5.74, 6) is -1.89. The Morgan fingerprint density at radius 3 is 2.28 bits per heavy atom. The molecule has 92 valence electrons. The van der Waals surface area contributed by atoms with Crippen LogP contribution in [0, 0.1) is 11.6 Å². The van der Waals surface area contributed by atoms with Crippen LogP contribution in [0.2, 0.25) is 0 Å².